The zero-order valence-corrected chi connectivity index (χ0v) is 15.5. The molecule has 2 atom stereocenters. The molecule has 0 aromatic heterocycles. The van der Waals surface area contributed by atoms with Crippen LogP contribution < -0.4 is 0 Å². The summed E-state index contributed by atoms with van der Waals surface area (Å²) in [5, 5.41) is 1.13. The summed E-state index contributed by atoms with van der Waals surface area (Å²) in [7, 11) is -3.85. The zero-order valence-electron chi connectivity index (χ0n) is 13.2. The Bertz CT molecular complexity index is 837. The molecule has 1 fully saturated rings. The minimum Gasteiger partial charge on any atom is -0.248 e. The van der Waals surface area contributed by atoms with Crippen molar-refractivity contribution >= 4 is 33.5 Å². The molecule has 0 amide bonds. The highest BCUT2D eigenvalue weighted by Gasteiger charge is 2.49. The van der Waals surface area contributed by atoms with E-state index in [9.17, 15) is 8.42 Å². The topological polar surface area (TPSA) is 46.6 Å². The van der Waals surface area contributed by atoms with Crippen LogP contribution in [0.3, 0.4) is 0 Å². The fourth-order valence-electron chi connectivity index (χ4n) is 2.99. The first-order valence-corrected chi connectivity index (χ1v) is 9.64. The lowest BCUT2D eigenvalue weighted by Crippen LogP contribution is -2.34. The van der Waals surface area contributed by atoms with Crippen molar-refractivity contribution in [3.8, 4) is 0 Å². The molecule has 1 heterocycles. The van der Waals surface area contributed by atoms with Crippen LogP contribution >= 0.6 is 23.2 Å². The summed E-state index contributed by atoms with van der Waals surface area (Å²) < 4.78 is 32.0. The van der Waals surface area contributed by atoms with Gasteiger partial charge in [-0.2, -0.15) is 12.7 Å². The van der Waals surface area contributed by atoms with Crippen LogP contribution in [0.15, 0.2) is 48.5 Å². The van der Waals surface area contributed by atoms with Crippen molar-refractivity contribution in [3.05, 3.63) is 69.7 Å². The van der Waals surface area contributed by atoms with Gasteiger partial charge in [-0.15, -0.1) is 0 Å². The minimum absolute atomic E-state index is 0.250. The van der Waals surface area contributed by atoms with Gasteiger partial charge >= 0.3 is 10.3 Å². The molecule has 0 N–H and O–H groups in total. The zero-order chi connectivity index (χ0) is 17.5. The number of rotatable bonds is 3. The number of benzene rings is 2. The maximum Gasteiger partial charge on any atom is 0.339 e. The van der Waals surface area contributed by atoms with Crippen molar-refractivity contribution in [2.45, 2.75) is 32.0 Å². The van der Waals surface area contributed by atoms with Crippen LogP contribution in [0.4, 0.5) is 0 Å². The average molecular weight is 386 g/mol. The fourth-order valence-corrected chi connectivity index (χ4v) is 4.92. The quantitative estimate of drug-likeness (QED) is 0.764. The Morgan fingerprint density at radius 1 is 1.00 bits per heavy atom. The molecule has 2 unspecified atom stereocenters. The third-order valence-electron chi connectivity index (χ3n) is 3.94. The van der Waals surface area contributed by atoms with E-state index in [0.29, 0.717) is 15.6 Å². The lowest BCUT2D eigenvalue weighted by molar-refractivity contribution is 0.188. The van der Waals surface area contributed by atoms with Crippen LogP contribution in [-0.4, -0.2) is 18.8 Å². The van der Waals surface area contributed by atoms with Crippen LogP contribution in [0.5, 0.6) is 0 Å². The number of hydrogen-bond donors (Lipinski definition) is 0. The van der Waals surface area contributed by atoms with Gasteiger partial charge in [-0.25, -0.2) is 4.18 Å². The first kappa shape index (κ1) is 17.7. The monoisotopic (exact) mass is 385 g/mol. The van der Waals surface area contributed by atoms with E-state index in [1.807, 2.05) is 32.0 Å². The van der Waals surface area contributed by atoms with E-state index in [4.69, 9.17) is 27.4 Å². The molecular formula is C17H17Cl2NO3S. The normalized spacial score (nSPS) is 23.7. The second kappa shape index (κ2) is 6.65. The van der Waals surface area contributed by atoms with Gasteiger partial charge in [0.25, 0.3) is 0 Å². The molecule has 0 saturated carbocycles. The van der Waals surface area contributed by atoms with Crippen molar-refractivity contribution in [1.29, 1.82) is 0 Å². The fraction of sp³-hybridized carbons (Fsp3) is 0.294. The predicted molar refractivity (Wildman–Crippen MR) is 95.4 cm³/mol. The summed E-state index contributed by atoms with van der Waals surface area (Å²) in [6.45, 7) is 3.65. The molecule has 1 aliphatic heterocycles. The first-order chi connectivity index (χ1) is 11.3. The standard InChI is InChI=1S/C17H17Cl2NO3S/c1-11(2)20-16(12-6-8-14(18)9-7-12)17(23-24(20,21)22)13-4-3-5-15(19)10-13/h3-11,16-17H,1-2H3. The van der Waals surface area contributed by atoms with E-state index in [2.05, 4.69) is 0 Å². The third-order valence-corrected chi connectivity index (χ3v) is 6.04. The lowest BCUT2D eigenvalue weighted by atomic mass is 9.95. The van der Waals surface area contributed by atoms with E-state index >= 15 is 0 Å². The van der Waals surface area contributed by atoms with Gasteiger partial charge in [-0.05, 0) is 49.2 Å². The molecule has 128 valence electrons. The summed E-state index contributed by atoms with van der Waals surface area (Å²) in [6, 6.07) is 13.5. The highest BCUT2D eigenvalue weighted by Crippen LogP contribution is 2.47. The van der Waals surface area contributed by atoms with Gasteiger partial charge in [0.15, 0.2) is 0 Å². The first-order valence-electron chi connectivity index (χ1n) is 7.52. The molecule has 7 heteroatoms. The van der Waals surface area contributed by atoms with Gasteiger partial charge in [0.1, 0.15) is 6.10 Å². The maximum atomic E-state index is 12.6. The Morgan fingerprint density at radius 2 is 1.67 bits per heavy atom. The van der Waals surface area contributed by atoms with Crippen molar-refractivity contribution in [3.63, 3.8) is 0 Å². The molecule has 4 nitrogen and oxygen atoms in total. The van der Waals surface area contributed by atoms with E-state index in [1.165, 1.54) is 4.31 Å². The smallest absolute Gasteiger partial charge is 0.248 e. The molecular weight excluding hydrogens is 369 g/mol. The van der Waals surface area contributed by atoms with Crippen LogP contribution in [0, 0.1) is 0 Å². The van der Waals surface area contributed by atoms with Gasteiger partial charge in [0.05, 0.1) is 6.04 Å². The molecule has 2 aromatic rings. The molecule has 0 radical (unpaired) electrons. The molecule has 0 aliphatic carbocycles. The van der Waals surface area contributed by atoms with Crippen molar-refractivity contribution in [2.75, 3.05) is 0 Å². The Balaban J connectivity index is 2.14. The minimum atomic E-state index is -3.85. The van der Waals surface area contributed by atoms with Crippen LogP contribution in [-0.2, 0) is 14.5 Å². The predicted octanol–water partition coefficient (Wildman–Crippen LogP) is 4.76. The molecule has 0 spiro atoms. The lowest BCUT2D eigenvalue weighted by Gasteiger charge is -2.27. The van der Waals surface area contributed by atoms with Crippen LogP contribution in [0.25, 0.3) is 0 Å². The summed E-state index contributed by atoms with van der Waals surface area (Å²) in [5.41, 5.74) is 1.54. The Labute approximate surface area is 152 Å². The van der Waals surface area contributed by atoms with Crippen molar-refractivity contribution in [2.24, 2.45) is 0 Å². The number of halogens is 2. The summed E-state index contributed by atoms with van der Waals surface area (Å²) in [5.74, 6) is 0. The van der Waals surface area contributed by atoms with E-state index in [-0.39, 0.29) is 6.04 Å². The molecule has 3 rings (SSSR count). The largest absolute Gasteiger partial charge is 0.339 e. The molecule has 2 aromatic carbocycles. The van der Waals surface area contributed by atoms with Gasteiger partial charge < -0.3 is 0 Å². The SMILES string of the molecule is CC(C)N1C(c2ccc(Cl)cc2)C(c2cccc(Cl)c2)OS1(=O)=O. The van der Waals surface area contributed by atoms with Crippen molar-refractivity contribution < 1.29 is 12.6 Å². The van der Waals surface area contributed by atoms with Crippen molar-refractivity contribution in [1.82, 2.24) is 4.31 Å². The summed E-state index contributed by atoms with van der Waals surface area (Å²) >= 11 is 12.0. The number of hydrogen-bond acceptors (Lipinski definition) is 3. The Morgan fingerprint density at radius 3 is 2.25 bits per heavy atom. The Kier molecular flexibility index (Phi) is 4.91. The summed E-state index contributed by atoms with van der Waals surface area (Å²) in [6.07, 6.45) is -0.669. The maximum absolute atomic E-state index is 12.6. The van der Waals surface area contributed by atoms with Gasteiger partial charge in [0.2, 0.25) is 0 Å². The van der Waals surface area contributed by atoms with E-state index in [0.717, 1.165) is 5.56 Å². The molecule has 1 saturated heterocycles. The molecule has 0 bridgehead atoms. The summed E-state index contributed by atoms with van der Waals surface area (Å²) in [4.78, 5) is 0. The van der Waals surface area contributed by atoms with Gasteiger partial charge in [0, 0.05) is 16.1 Å². The van der Waals surface area contributed by atoms with Crippen LogP contribution in [0.2, 0.25) is 10.0 Å². The second-order valence-corrected chi connectivity index (χ2v) is 8.29. The number of nitrogens with zero attached hydrogens (tertiary/aromatic N) is 1. The molecule has 24 heavy (non-hydrogen) atoms. The van der Waals surface area contributed by atoms with E-state index < -0.39 is 22.4 Å². The highest BCUT2D eigenvalue weighted by atomic mass is 35.5. The highest BCUT2D eigenvalue weighted by molar-refractivity contribution is 7.84. The van der Waals surface area contributed by atoms with E-state index in [1.54, 1.807) is 30.3 Å². The van der Waals surface area contributed by atoms with Gasteiger partial charge in [-0.1, -0.05) is 47.5 Å². The molecule has 1 aliphatic rings. The Hall–Kier alpha value is -1.11. The van der Waals surface area contributed by atoms with Gasteiger partial charge in [-0.3, -0.25) is 0 Å². The average Bonchev–Trinajstić information content (AvgIpc) is 2.80. The second-order valence-electron chi connectivity index (χ2n) is 5.95. The third kappa shape index (κ3) is 3.32. The van der Waals surface area contributed by atoms with Crippen LogP contribution in [0.1, 0.15) is 37.1 Å².